The van der Waals surface area contributed by atoms with Gasteiger partial charge in [-0.15, -0.1) is 11.8 Å². The Hall–Kier alpha value is -1.56. The SMILES string of the molecule is CC(C)C[C@@H]1SC[C@H](C(=O)O)N1C(=O)c1ccccc1F. The number of benzene rings is 1. The second kappa shape index (κ2) is 6.47. The fourth-order valence-electron chi connectivity index (χ4n) is 2.38. The fraction of sp³-hybridized carbons (Fsp3) is 0.467. The molecule has 6 heteroatoms. The molecule has 0 saturated carbocycles. The zero-order valence-electron chi connectivity index (χ0n) is 12.0. The summed E-state index contributed by atoms with van der Waals surface area (Å²) >= 11 is 1.45. The molecule has 0 aliphatic carbocycles. The summed E-state index contributed by atoms with van der Waals surface area (Å²) in [7, 11) is 0. The summed E-state index contributed by atoms with van der Waals surface area (Å²) in [4.78, 5) is 25.3. The number of amides is 1. The van der Waals surface area contributed by atoms with Gasteiger partial charge in [-0.2, -0.15) is 0 Å². The maximum absolute atomic E-state index is 13.8. The lowest BCUT2D eigenvalue weighted by atomic mass is 10.1. The van der Waals surface area contributed by atoms with Crippen LogP contribution >= 0.6 is 11.8 Å². The van der Waals surface area contributed by atoms with Crippen molar-refractivity contribution < 1.29 is 19.1 Å². The molecule has 1 saturated heterocycles. The molecule has 0 spiro atoms. The van der Waals surface area contributed by atoms with Crippen LogP contribution in [-0.4, -0.2) is 39.1 Å². The number of aliphatic carboxylic acids is 1. The number of nitrogens with zero attached hydrogens (tertiary/aromatic N) is 1. The second-order valence-corrected chi connectivity index (χ2v) is 6.67. The van der Waals surface area contributed by atoms with Crippen LogP contribution in [0.15, 0.2) is 24.3 Å². The van der Waals surface area contributed by atoms with Crippen LogP contribution in [0.2, 0.25) is 0 Å². The van der Waals surface area contributed by atoms with Gasteiger partial charge in [0.25, 0.3) is 5.91 Å². The number of carboxylic acid groups (broad SMARTS) is 1. The molecule has 0 unspecified atom stereocenters. The normalized spacial score (nSPS) is 21.8. The van der Waals surface area contributed by atoms with E-state index in [1.165, 1.54) is 34.9 Å². The molecule has 1 aromatic rings. The van der Waals surface area contributed by atoms with Crippen LogP contribution in [0.5, 0.6) is 0 Å². The molecule has 4 nitrogen and oxygen atoms in total. The molecular formula is C15H18FNO3S. The van der Waals surface area contributed by atoms with Crippen LogP contribution in [-0.2, 0) is 4.79 Å². The Morgan fingerprint density at radius 2 is 2.10 bits per heavy atom. The van der Waals surface area contributed by atoms with Gasteiger partial charge in [0.2, 0.25) is 0 Å². The first-order valence-electron chi connectivity index (χ1n) is 6.83. The highest BCUT2D eigenvalue weighted by atomic mass is 32.2. The largest absolute Gasteiger partial charge is 0.480 e. The van der Waals surface area contributed by atoms with Crippen molar-refractivity contribution in [3.05, 3.63) is 35.6 Å². The number of halogens is 1. The molecule has 0 bridgehead atoms. The average Bonchev–Trinajstić information content (AvgIpc) is 2.81. The zero-order valence-corrected chi connectivity index (χ0v) is 12.8. The molecule has 2 rings (SSSR count). The van der Waals surface area contributed by atoms with E-state index in [1.807, 2.05) is 13.8 Å². The third-order valence-corrected chi connectivity index (χ3v) is 4.70. The predicted molar refractivity (Wildman–Crippen MR) is 79.7 cm³/mol. The fourth-order valence-corrected chi connectivity index (χ4v) is 4.02. The first kappa shape index (κ1) is 15.8. The highest BCUT2D eigenvalue weighted by Gasteiger charge is 2.42. The van der Waals surface area contributed by atoms with Crippen LogP contribution in [0.3, 0.4) is 0 Å². The van der Waals surface area contributed by atoms with Crippen LogP contribution in [0, 0.1) is 11.7 Å². The highest BCUT2D eigenvalue weighted by molar-refractivity contribution is 8.00. The summed E-state index contributed by atoms with van der Waals surface area (Å²) in [6, 6.07) is 4.79. The third-order valence-electron chi connectivity index (χ3n) is 3.39. The molecule has 1 aliphatic heterocycles. The van der Waals surface area contributed by atoms with Crippen LogP contribution in [0.4, 0.5) is 4.39 Å². The second-order valence-electron chi connectivity index (χ2n) is 5.46. The van der Waals surface area contributed by atoms with E-state index >= 15 is 0 Å². The Morgan fingerprint density at radius 1 is 1.43 bits per heavy atom. The minimum Gasteiger partial charge on any atom is -0.480 e. The Balaban J connectivity index is 2.32. The highest BCUT2D eigenvalue weighted by Crippen LogP contribution is 2.34. The minimum absolute atomic E-state index is 0.0694. The van der Waals surface area contributed by atoms with Crippen molar-refractivity contribution in [1.82, 2.24) is 4.90 Å². The minimum atomic E-state index is -1.04. The summed E-state index contributed by atoms with van der Waals surface area (Å²) in [5.74, 6) is -1.54. The predicted octanol–water partition coefficient (Wildman–Crippen LogP) is 2.84. The van der Waals surface area contributed by atoms with Crippen molar-refractivity contribution in [1.29, 1.82) is 0 Å². The van der Waals surface area contributed by atoms with E-state index in [-0.39, 0.29) is 10.9 Å². The topological polar surface area (TPSA) is 57.6 Å². The number of hydrogen-bond donors (Lipinski definition) is 1. The molecule has 2 atom stereocenters. The van der Waals surface area contributed by atoms with E-state index in [1.54, 1.807) is 6.07 Å². The van der Waals surface area contributed by atoms with E-state index < -0.39 is 23.7 Å². The smallest absolute Gasteiger partial charge is 0.327 e. The van der Waals surface area contributed by atoms with Crippen molar-refractivity contribution in [3.63, 3.8) is 0 Å². The molecule has 21 heavy (non-hydrogen) atoms. The summed E-state index contributed by atoms with van der Waals surface area (Å²) in [6.07, 6.45) is 0.689. The number of carboxylic acids is 1. The molecular weight excluding hydrogens is 293 g/mol. The molecule has 1 fully saturated rings. The van der Waals surface area contributed by atoms with Crippen molar-refractivity contribution in [3.8, 4) is 0 Å². The number of hydrogen-bond acceptors (Lipinski definition) is 3. The summed E-state index contributed by atoms with van der Waals surface area (Å²) in [5.41, 5.74) is -0.0694. The van der Waals surface area contributed by atoms with Gasteiger partial charge in [-0.05, 0) is 24.5 Å². The van der Waals surface area contributed by atoms with E-state index in [2.05, 4.69) is 0 Å². The molecule has 1 aliphatic rings. The van der Waals surface area contributed by atoms with Gasteiger partial charge in [0.05, 0.1) is 10.9 Å². The lowest BCUT2D eigenvalue weighted by Crippen LogP contribution is -2.46. The molecule has 114 valence electrons. The Morgan fingerprint density at radius 3 is 2.67 bits per heavy atom. The molecule has 1 heterocycles. The van der Waals surface area contributed by atoms with E-state index in [0.717, 1.165) is 0 Å². The van der Waals surface area contributed by atoms with Crippen molar-refractivity contribution in [2.75, 3.05) is 5.75 Å². The average molecular weight is 311 g/mol. The monoisotopic (exact) mass is 311 g/mol. The van der Waals surface area contributed by atoms with Gasteiger partial charge >= 0.3 is 5.97 Å². The first-order valence-corrected chi connectivity index (χ1v) is 7.88. The molecule has 0 aromatic heterocycles. The zero-order chi connectivity index (χ0) is 15.6. The number of rotatable bonds is 4. The van der Waals surface area contributed by atoms with Gasteiger partial charge in [0.1, 0.15) is 11.9 Å². The number of carbonyl (C=O) groups excluding carboxylic acids is 1. The summed E-state index contributed by atoms with van der Waals surface area (Å²) in [6.45, 7) is 4.03. The van der Waals surface area contributed by atoms with Gasteiger partial charge in [-0.3, -0.25) is 4.79 Å². The van der Waals surface area contributed by atoms with Crippen molar-refractivity contribution in [2.45, 2.75) is 31.7 Å². The van der Waals surface area contributed by atoms with Gasteiger partial charge in [0.15, 0.2) is 0 Å². The van der Waals surface area contributed by atoms with Gasteiger partial charge < -0.3 is 10.0 Å². The van der Waals surface area contributed by atoms with E-state index in [4.69, 9.17) is 0 Å². The summed E-state index contributed by atoms with van der Waals surface area (Å²) < 4.78 is 13.8. The molecule has 0 radical (unpaired) electrons. The van der Waals surface area contributed by atoms with Crippen LogP contribution in [0.1, 0.15) is 30.6 Å². The lowest BCUT2D eigenvalue weighted by molar-refractivity contribution is -0.141. The number of thioether (sulfide) groups is 1. The molecule has 1 aromatic carbocycles. The standard InChI is InChI=1S/C15H18FNO3S/c1-9(2)7-13-17(12(8-21-13)15(19)20)14(18)10-5-3-4-6-11(10)16/h3-6,9,12-13H,7-8H2,1-2H3,(H,19,20)/t12-,13+/m1/s1. The lowest BCUT2D eigenvalue weighted by Gasteiger charge is -2.28. The van der Waals surface area contributed by atoms with E-state index in [9.17, 15) is 19.1 Å². The van der Waals surface area contributed by atoms with Crippen molar-refractivity contribution in [2.24, 2.45) is 5.92 Å². The quantitative estimate of drug-likeness (QED) is 0.929. The first-order chi connectivity index (χ1) is 9.91. The Labute approximate surface area is 127 Å². The van der Waals surface area contributed by atoms with Gasteiger partial charge in [0, 0.05) is 5.75 Å². The Kier molecular flexibility index (Phi) is 4.88. The maximum Gasteiger partial charge on any atom is 0.327 e. The van der Waals surface area contributed by atoms with Gasteiger partial charge in [-0.25, -0.2) is 9.18 Å². The molecule has 1 amide bonds. The van der Waals surface area contributed by atoms with E-state index in [0.29, 0.717) is 18.1 Å². The number of carbonyl (C=O) groups is 2. The van der Waals surface area contributed by atoms with Crippen molar-refractivity contribution >= 4 is 23.6 Å². The van der Waals surface area contributed by atoms with Gasteiger partial charge in [-0.1, -0.05) is 26.0 Å². The van der Waals surface area contributed by atoms with Crippen LogP contribution in [0.25, 0.3) is 0 Å². The molecule has 1 N–H and O–H groups in total. The Bertz CT molecular complexity index is 549. The van der Waals surface area contributed by atoms with Crippen LogP contribution < -0.4 is 0 Å². The summed E-state index contributed by atoms with van der Waals surface area (Å²) in [5, 5.41) is 9.08. The maximum atomic E-state index is 13.8. The third kappa shape index (κ3) is 3.37.